The van der Waals surface area contributed by atoms with Crippen molar-refractivity contribution in [1.82, 2.24) is 9.78 Å². The van der Waals surface area contributed by atoms with Gasteiger partial charge in [-0.1, -0.05) is 0 Å². The minimum absolute atomic E-state index is 0.247. The fourth-order valence-corrected chi connectivity index (χ4v) is 1.94. The largest absolute Gasteiger partial charge is 0.385 e. The van der Waals surface area contributed by atoms with E-state index >= 15 is 0 Å². The first-order valence-electron chi connectivity index (χ1n) is 5.31. The molecule has 1 heterocycles. The maximum atomic E-state index is 13.0. The van der Waals surface area contributed by atoms with Gasteiger partial charge in [-0.2, -0.15) is 5.10 Å². The number of rotatable bonds is 4. The van der Waals surface area contributed by atoms with Gasteiger partial charge in [0.15, 0.2) is 0 Å². The SMILES string of the molecule is Cn1cc(CCNc2ccc(F)c(Br)c2)cn1. The average molecular weight is 298 g/mol. The second-order valence-electron chi connectivity index (χ2n) is 3.83. The maximum absolute atomic E-state index is 13.0. The lowest BCUT2D eigenvalue weighted by molar-refractivity contribution is 0.621. The third-order valence-electron chi connectivity index (χ3n) is 2.42. The Morgan fingerprint density at radius 3 is 2.94 bits per heavy atom. The lowest BCUT2D eigenvalue weighted by atomic mass is 10.2. The molecule has 2 aromatic rings. The standard InChI is InChI=1S/C12H13BrFN3/c1-17-8-9(7-16-17)4-5-15-10-2-3-12(14)11(13)6-10/h2-3,6-8,15H,4-5H2,1H3. The Labute approximate surface area is 108 Å². The molecule has 2 rings (SSSR count). The fourth-order valence-electron chi connectivity index (χ4n) is 1.56. The summed E-state index contributed by atoms with van der Waals surface area (Å²) in [5.74, 6) is -0.247. The van der Waals surface area contributed by atoms with E-state index in [1.807, 2.05) is 19.4 Å². The van der Waals surface area contributed by atoms with Crippen molar-refractivity contribution in [2.24, 2.45) is 7.05 Å². The summed E-state index contributed by atoms with van der Waals surface area (Å²) in [5, 5.41) is 7.34. The molecule has 0 saturated heterocycles. The van der Waals surface area contributed by atoms with Gasteiger partial charge >= 0.3 is 0 Å². The minimum Gasteiger partial charge on any atom is -0.385 e. The van der Waals surface area contributed by atoms with Gasteiger partial charge in [0, 0.05) is 25.5 Å². The second kappa shape index (κ2) is 5.31. The first-order chi connectivity index (χ1) is 8.15. The molecule has 5 heteroatoms. The van der Waals surface area contributed by atoms with E-state index in [1.54, 1.807) is 16.8 Å². The molecule has 1 N–H and O–H groups in total. The predicted molar refractivity (Wildman–Crippen MR) is 69.5 cm³/mol. The summed E-state index contributed by atoms with van der Waals surface area (Å²) in [7, 11) is 1.90. The van der Waals surface area contributed by atoms with Crippen LogP contribution in [0.2, 0.25) is 0 Å². The number of hydrogen-bond acceptors (Lipinski definition) is 2. The Balaban J connectivity index is 1.87. The number of nitrogens with one attached hydrogen (secondary N) is 1. The van der Waals surface area contributed by atoms with Crippen LogP contribution in [-0.2, 0) is 13.5 Å². The topological polar surface area (TPSA) is 29.9 Å². The van der Waals surface area contributed by atoms with Gasteiger partial charge in [-0.15, -0.1) is 0 Å². The summed E-state index contributed by atoms with van der Waals surface area (Å²) in [5.41, 5.74) is 2.09. The van der Waals surface area contributed by atoms with Crippen molar-refractivity contribution in [3.05, 3.63) is 46.4 Å². The summed E-state index contributed by atoms with van der Waals surface area (Å²) in [6.07, 6.45) is 4.73. The highest BCUT2D eigenvalue weighted by Gasteiger charge is 2.00. The van der Waals surface area contributed by atoms with E-state index in [-0.39, 0.29) is 5.82 Å². The highest BCUT2D eigenvalue weighted by Crippen LogP contribution is 2.19. The molecule has 3 nitrogen and oxygen atoms in total. The van der Waals surface area contributed by atoms with Gasteiger partial charge in [-0.3, -0.25) is 4.68 Å². The van der Waals surface area contributed by atoms with Crippen LogP contribution in [0.25, 0.3) is 0 Å². The highest BCUT2D eigenvalue weighted by molar-refractivity contribution is 9.10. The number of anilines is 1. The van der Waals surface area contributed by atoms with Crippen LogP contribution >= 0.6 is 15.9 Å². The smallest absolute Gasteiger partial charge is 0.137 e. The van der Waals surface area contributed by atoms with E-state index in [0.717, 1.165) is 18.7 Å². The van der Waals surface area contributed by atoms with Crippen LogP contribution < -0.4 is 5.32 Å². The fraction of sp³-hybridized carbons (Fsp3) is 0.250. The molecule has 0 aliphatic carbocycles. The second-order valence-corrected chi connectivity index (χ2v) is 4.68. The zero-order valence-electron chi connectivity index (χ0n) is 9.45. The maximum Gasteiger partial charge on any atom is 0.137 e. The number of hydrogen-bond donors (Lipinski definition) is 1. The third kappa shape index (κ3) is 3.30. The molecule has 0 spiro atoms. The quantitative estimate of drug-likeness (QED) is 0.940. The molecular weight excluding hydrogens is 285 g/mol. The first kappa shape index (κ1) is 12.1. The van der Waals surface area contributed by atoms with Crippen molar-refractivity contribution in [3.8, 4) is 0 Å². The normalized spacial score (nSPS) is 10.5. The number of aromatic nitrogens is 2. The molecular formula is C12H13BrFN3. The van der Waals surface area contributed by atoms with Crippen molar-refractivity contribution < 1.29 is 4.39 Å². The van der Waals surface area contributed by atoms with E-state index in [4.69, 9.17) is 0 Å². The van der Waals surface area contributed by atoms with E-state index < -0.39 is 0 Å². The van der Waals surface area contributed by atoms with Crippen LogP contribution in [0.3, 0.4) is 0 Å². The Kier molecular flexibility index (Phi) is 3.78. The summed E-state index contributed by atoms with van der Waals surface area (Å²) in [4.78, 5) is 0. The molecule has 0 fully saturated rings. The number of benzene rings is 1. The highest BCUT2D eigenvalue weighted by atomic mass is 79.9. The predicted octanol–water partition coefficient (Wildman–Crippen LogP) is 2.98. The van der Waals surface area contributed by atoms with Crippen molar-refractivity contribution in [2.75, 3.05) is 11.9 Å². The van der Waals surface area contributed by atoms with E-state index in [2.05, 4.69) is 26.3 Å². The number of nitrogens with zero attached hydrogens (tertiary/aromatic N) is 2. The number of halogens is 2. The number of aryl methyl sites for hydroxylation is 1. The van der Waals surface area contributed by atoms with Gasteiger partial charge in [0.25, 0.3) is 0 Å². The molecule has 0 saturated carbocycles. The van der Waals surface area contributed by atoms with E-state index in [9.17, 15) is 4.39 Å². The Morgan fingerprint density at radius 1 is 1.47 bits per heavy atom. The molecule has 1 aromatic heterocycles. The summed E-state index contributed by atoms with van der Waals surface area (Å²) in [6, 6.07) is 4.90. The minimum atomic E-state index is -0.247. The molecule has 0 unspecified atom stereocenters. The van der Waals surface area contributed by atoms with Crippen molar-refractivity contribution in [3.63, 3.8) is 0 Å². The molecule has 90 valence electrons. The molecule has 0 aliphatic heterocycles. The van der Waals surface area contributed by atoms with Crippen molar-refractivity contribution in [1.29, 1.82) is 0 Å². The summed E-state index contributed by atoms with van der Waals surface area (Å²) >= 11 is 3.16. The van der Waals surface area contributed by atoms with Crippen molar-refractivity contribution in [2.45, 2.75) is 6.42 Å². The lowest BCUT2D eigenvalue weighted by Crippen LogP contribution is -2.04. The van der Waals surface area contributed by atoms with Crippen LogP contribution in [0.1, 0.15) is 5.56 Å². The van der Waals surface area contributed by atoms with Gasteiger partial charge in [0.2, 0.25) is 0 Å². The van der Waals surface area contributed by atoms with Crippen LogP contribution in [-0.4, -0.2) is 16.3 Å². The monoisotopic (exact) mass is 297 g/mol. The van der Waals surface area contributed by atoms with Crippen LogP contribution in [0.5, 0.6) is 0 Å². The zero-order valence-corrected chi connectivity index (χ0v) is 11.0. The molecule has 0 radical (unpaired) electrons. The molecule has 0 bridgehead atoms. The molecule has 0 aliphatic rings. The van der Waals surface area contributed by atoms with Gasteiger partial charge in [-0.05, 0) is 46.1 Å². The summed E-state index contributed by atoms with van der Waals surface area (Å²) < 4.78 is 15.3. The van der Waals surface area contributed by atoms with Gasteiger partial charge < -0.3 is 5.32 Å². The average Bonchev–Trinajstić information content (AvgIpc) is 2.70. The van der Waals surface area contributed by atoms with Gasteiger partial charge in [0.05, 0.1) is 10.7 Å². The van der Waals surface area contributed by atoms with Crippen LogP contribution in [0.15, 0.2) is 35.1 Å². The van der Waals surface area contributed by atoms with E-state index in [1.165, 1.54) is 11.6 Å². The first-order valence-corrected chi connectivity index (χ1v) is 6.11. The van der Waals surface area contributed by atoms with Crippen LogP contribution in [0.4, 0.5) is 10.1 Å². The zero-order chi connectivity index (χ0) is 12.3. The van der Waals surface area contributed by atoms with Gasteiger partial charge in [-0.25, -0.2) is 4.39 Å². The Hall–Kier alpha value is -1.36. The van der Waals surface area contributed by atoms with Crippen molar-refractivity contribution >= 4 is 21.6 Å². The lowest BCUT2D eigenvalue weighted by Gasteiger charge is -2.06. The Morgan fingerprint density at radius 2 is 2.29 bits per heavy atom. The molecule has 1 aromatic carbocycles. The molecule has 0 amide bonds. The van der Waals surface area contributed by atoms with E-state index in [0.29, 0.717) is 4.47 Å². The van der Waals surface area contributed by atoms with Crippen LogP contribution in [0, 0.1) is 5.82 Å². The van der Waals surface area contributed by atoms with Gasteiger partial charge in [0.1, 0.15) is 5.82 Å². The summed E-state index contributed by atoms with van der Waals surface area (Å²) in [6.45, 7) is 0.795. The Bertz CT molecular complexity index is 510. The third-order valence-corrected chi connectivity index (χ3v) is 3.03. The molecule has 0 atom stereocenters. The molecule has 17 heavy (non-hydrogen) atoms.